The number of carbonyl (C=O) groups excluding carboxylic acids is 2. The number of halogens is 1. The van der Waals surface area contributed by atoms with Gasteiger partial charge in [0.05, 0.1) is 6.54 Å². The average Bonchev–Trinajstić information content (AvgIpc) is 2.64. The first kappa shape index (κ1) is 18.8. The first-order valence-corrected chi connectivity index (χ1v) is 8.60. The van der Waals surface area contributed by atoms with Crippen LogP contribution in [0, 0.1) is 0 Å². The lowest BCUT2D eigenvalue weighted by atomic mass is 10.2. The molecule has 0 bridgehead atoms. The monoisotopic (exact) mass is 359 g/mol. The van der Waals surface area contributed by atoms with Gasteiger partial charge in [-0.2, -0.15) is 0 Å². The number of carbonyl (C=O) groups is 2. The van der Waals surface area contributed by atoms with Gasteiger partial charge in [-0.15, -0.1) is 0 Å². The Balaban J connectivity index is 1.78. The molecule has 25 heavy (non-hydrogen) atoms. The summed E-state index contributed by atoms with van der Waals surface area (Å²) in [6.45, 7) is 3.19. The topological polar surface area (TPSA) is 70.2 Å². The van der Waals surface area contributed by atoms with Crippen molar-refractivity contribution in [2.45, 2.75) is 19.9 Å². The second kappa shape index (κ2) is 9.69. The number of benzene rings is 2. The maximum atomic E-state index is 11.9. The molecular weight excluding hydrogens is 338 g/mol. The number of amides is 2. The summed E-state index contributed by atoms with van der Waals surface area (Å²) in [6.07, 6.45) is 0.898. The molecule has 2 amide bonds. The van der Waals surface area contributed by atoms with E-state index in [0.29, 0.717) is 23.7 Å². The van der Waals surface area contributed by atoms with Gasteiger partial charge in [-0.1, -0.05) is 36.7 Å². The van der Waals surface area contributed by atoms with Crippen LogP contribution in [0.2, 0.25) is 5.02 Å². The van der Waals surface area contributed by atoms with Crippen LogP contribution in [0.15, 0.2) is 48.5 Å². The first-order valence-electron chi connectivity index (χ1n) is 8.22. The number of hydrogen-bond acceptors (Lipinski definition) is 3. The van der Waals surface area contributed by atoms with E-state index < -0.39 is 0 Å². The molecule has 0 unspecified atom stereocenters. The highest BCUT2D eigenvalue weighted by atomic mass is 35.5. The van der Waals surface area contributed by atoms with Crippen LogP contribution in [0.3, 0.4) is 0 Å². The van der Waals surface area contributed by atoms with Gasteiger partial charge in [0.25, 0.3) is 5.91 Å². The van der Waals surface area contributed by atoms with E-state index in [9.17, 15) is 9.59 Å². The number of hydrogen-bond donors (Lipinski definition) is 3. The van der Waals surface area contributed by atoms with E-state index in [1.54, 1.807) is 30.3 Å². The summed E-state index contributed by atoms with van der Waals surface area (Å²) in [4.78, 5) is 23.7. The van der Waals surface area contributed by atoms with Crippen molar-refractivity contribution in [1.29, 1.82) is 0 Å². The molecule has 0 atom stereocenters. The van der Waals surface area contributed by atoms with Crippen molar-refractivity contribution in [2.75, 3.05) is 18.4 Å². The van der Waals surface area contributed by atoms with E-state index in [2.05, 4.69) is 16.0 Å². The van der Waals surface area contributed by atoms with Gasteiger partial charge in [-0.25, -0.2) is 0 Å². The third-order valence-corrected chi connectivity index (χ3v) is 3.94. The number of rotatable bonds is 8. The zero-order valence-corrected chi connectivity index (χ0v) is 14.9. The predicted molar refractivity (Wildman–Crippen MR) is 101 cm³/mol. The van der Waals surface area contributed by atoms with Crippen molar-refractivity contribution in [3.63, 3.8) is 0 Å². The van der Waals surface area contributed by atoms with Crippen molar-refractivity contribution >= 4 is 29.1 Å². The fraction of sp³-hybridized carbons (Fsp3) is 0.263. The van der Waals surface area contributed by atoms with Gasteiger partial charge < -0.3 is 16.0 Å². The van der Waals surface area contributed by atoms with Crippen LogP contribution in [-0.4, -0.2) is 24.9 Å². The molecule has 2 rings (SSSR count). The third-order valence-electron chi connectivity index (χ3n) is 3.57. The Morgan fingerprint density at radius 1 is 1.00 bits per heavy atom. The third kappa shape index (κ3) is 6.12. The van der Waals surface area contributed by atoms with Gasteiger partial charge in [-0.05, 0) is 42.3 Å². The van der Waals surface area contributed by atoms with Crippen molar-refractivity contribution in [3.05, 3.63) is 64.7 Å². The van der Waals surface area contributed by atoms with Gasteiger partial charge >= 0.3 is 0 Å². The lowest BCUT2D eigenvalue weighted by Crippen LogP contribution is -2.29. The van der Waals surface area contributed by atoms with Gasteiger partial charge in [0, 0.05) is 29.4 Å². The molecular formula is C19H22ClN3O2. The van der Waals surface area contributed by atoms with Crippen LogP contribution in [0.4, 0.5) is 5.69 Å². The SMILES string of the molecule is CCCNC(=O)c1ccc(NCC(=O)NCc2ccccc2Cl)cc1. The predicted octanol–water partition coefficient (Wildman–Crippen LogP) is 3.21. The Bertz CT molecular complexity index is 717. The quantitative estimate of drug-likeness (QED) is 0.677. The van der Waals surface area contributed by atoms with Crippen LogP contribution >= 0.6 is 11.6 Å². The van der Waals surface area contributed by atoms with E-state index in [4.69, 9.17) is 11.6 Å². The number of anilines is 1. The minimum absolute atomic E-state index is 0.0918. The minimum atomic E-state index is -0.135. The lowest BCUT2D eigenvalue weighted by molar-refractivity contribution is -0.119. The Morgan fingerprint density at radius 3 is 2.40 bits per heavy atom. The van der Waals surface area contributed by atoms with E-state index in [0.717, 1.165) is 17.7 Å². The van der Waals surface area contributed by atoms with Crippen molar-refractivity contribution < 1.29 is 9.59 Å². The molecule has 0 fully saturated rings. The maximum absolute atomic E-state index is 11.9. The van der Waals surface area contributed by atoms with Crippen LogP contribution in [0.5, 0.6) is 0 Å². The van der Waals surface area contributed by atoms with Gasteiger partial charge in [-0.3, -0.25) is 9.59 Å². The molecule has 0 radical (unpaired) electrons. The zero-order valence-electron chi connectivity index (χ0n) is 14.1. The second-order valence-corrected chi connectivity index (χ2v) is 5.96. The zero-order chi connectivity index (χ0) is 18.1. The Morgan fingerprint density at radius 2 is 1.72 bits per heavy atom. The molecule has 0 aromatic heterocycles. The highest BCUT2D eigenvalue weighted by molar-refractivity contribution is 6.31. The summed E-state index contributed by atoms with van der Waals surface area (Å²) in [6, 6.07) is 14.4. The molecule has 0 heterocycles. The average molecular weight is 360 g/mol. The largest absolute Gasteiger partial charge is 0.376 e. The molecule has 0 aliphatic heterocycles. The summed E-state index contributed by atoms with van der Waals surface area (Å²) in [5.74, 6) is -0.226. The molecule has 0 aliphatic carbocycles. The van der Waals surface area contributed by atoms with Crippen LogP contribution < -0.4 is 16.0 Å². The van der Waals surface area contributed by atoms with Gasteiger partial charge in [0.1, 0.15) is 0 Å². The van der Waals surface area contributed by atoms with Crippen LogP contribution in [0.1, 0.15) is 29.3 Å². The molecule has 2 aromatic carbocycles. The van der Waals surface area contributed by atoms with E-state index >= 15 is 0 Å². The Labute approximate surface area is 152 Å². The van der Waals surface area contributed by atoms with Crippen molar-refractivity contribution in [3.8, 4) is 0 Å². The van der Waals surface area contributed by atoms with Crippen molar-refractivity contribution in [1.82, 2.24) is 10.6 Å². The summed E-state index contributed by atoms with van der Waals surface area (Å²) in [5.41, 5.74) is 2.25. The highest BCUT2D eigenvalue weighted by Gasteiger charge is 2.06. The van der Waals surface area contributed by atoms with Crippen LogP contribution in [0.25, 0.3) is 0 Å². The van der Waals surface area contributed by atoms with E-state index in [1.807, 2.05) is 25.1 Å². The summed E-state index contributed by atoms with van der Waals surface area (Å²) in [7, 11) is 0. The van der Waals surface area contributed by atoms with Crippen LogP contribution in [-0.2, 0) is 11.3 Å². The van der Waals surface area contributed by atoms with Gasteiger partial charge in [0.15, 0.2) is 0 Å². The standard InChI is InChI=1S/C19H22ClN3O2/c1-2-11-21-19(25)14-7-9-16(10-8-14)22-13-18(24)23-12-15-5-3-4-6-17(15)20/h3-10,22H,2,11-13H2,1H3,(H,21,25)(H,23,24). The molecule has 132 valence electrons. The molecule has 0 saturated carbocycles. The summed E-state index contributed by atoms with van der Waals surface area (Å²) >= 11 is 6.05. The van der Waals surface area contributed by atoms with E-state index in [1.165, 1.54) is 0 Å². The van der Waals surface area contributed by atoms with Gasteiger partial charge in [0.2, 0.25) is 5.91 Å². The lowest BCUT2D eigenvalue weighted by Gasteiger charge is -2.09. The summed E-state index contributed by atoms with van der Waals surface area (Å²) < 4.78 is 0. The Kier molecular flexibility index (Phi) is 7.29. The molecule has 2 aromatic rings. The molecule has 0 saturated heterocycles. The van der Waals surface area contributed by atoms with Crippen molar-refractivity contribution in [2.24, 2.45) is 0 Å². The second-order valence-electron chi connectivity index (χ2n) is 5.55. The fourth-order valence-electron chi connectivity index (χ4n) is 2.16. The molecule has 0 spiro atoms. The summed E-state index contributed by atoms with van der Waals surface area (Å²) in [5, 5.41) is 9.29. The number of nitrogens with one attached hydrogen (secondary N) is 3. The minimum Gasteiger partial charge on any atom is -0.376 e. The molecule has 6 heteroatoms. The fourth-order valence-corrected chi connectivity index (χ4v) is 2.36. The smallest absolute Gasteiger partial charge is 0.251 e. The normalized spacial score (nSPS) is 10.2. The molecule has 5 nitrogen and oxygen atoms in total. The molecule has 0 aliphatic rings. The molecule has 3 N–H and O–H groups in total. The highest BCUT2D eigenvalue weighted by Crippen LogP contribution is 2.14. The maximum Gasteiger partial charge on any atom is 0.251 e. The van der Waals surface area contributed by atoms with E-state index in [-0.39, 0.29) is 18.4 Å². The first-order chi connectivity index (χ1) is 12.1. The Hall–Kier alpha value is -2.53.